The summed E-state index contributed by atoms with van der Waals surface area (Å²) < 4.78 is 15.7. The summed E-state index contributed by atoms with van der Waals surface area (Å²) in [5, 5.41) is 3.03. The van der Waals surface area contributed by atoms with E-state index < -0.39 is 0 Å². The van der Waals surface area contributed by atoms with Gasteiger partial charge in [0.15, 0.2) is 6.61 Å². The molecule has 0 saturated heterocycles. The fraction of sp³-hybridized carbons (Fsp3) is 0.125. The number of ether oxygens (including phenoxy) is 1. The minimum atomic E-state index is -0.310. The molecule has 0 unspecified atom stereocenters. The maximum absolute atomic E-state index is 11.8. The number of halogens is 1. The van der Waals surface area contributed by atoms with Crippen molar-refractivity contribution in [1.82, 2.24) is 5.32 Å². The molecule has 0 spiro atoms. The summed E-state index contributed by atoms with van der Waals surface area (Å²) in [6.07, 6.45) is 2.71. The number of fused-ring (bicyclic) bond motifs is 1. The van der Waals surface area contributed by atoms with Gasteiger partial charge in [0.25, 0.3) is 5.91 Å². The van der Waals surface area contributed by atoms with Crippen molar-refractivity contribution in [3.8, 4) is 5.75 Å². The average Bonchev–Trinajstić information content (AvgIpc) is 3.08. The topological polar surface area (TPSA) is 81.7 Å². The number of hydrogen-bond donors (Lipinski definition) is 1. The van der Waals surface area contributed by atoms with Crippen LogP contribution in [-0.4, -0.2) is 12.5 Å². The lowest BCUT2D eigenvalue weighted by atomic mass is 10.2. The molecule has 1 amide bonds. The van der Waals surface area contributed by atoms with Crippen molar-refractivity contribution in [2.75, 3.05) is 6.61 Å². The van der Waals surface area contributed by atoms with Crippen LogP contribution in [0.4, 0.5) is 0 Å². The van der Waals surface area contributed by atoms with Gasteiger partial charge in [0.05, 0.1) is 18.2 Å². The van der Waals surface area contributed by atoms with Crippen molar-refractivity contribution < 1.29 is 18.4 Å². The van der Waals surface area contributed by atoms with Crippen molar-refractivity contribution in [1.29, 1.82) is 0 Å². The number of carbonyl (C=O) groups is 1. The van der Waals surface area contributed by atoms with E-state index in [2.05, 4.69) is 5.32 Å². The monoisotopic (exact) mass is 333 g/mol. The van der Waals surface area contributed by atoms with Gasteiger partial charge in [-0.15, -0.1) is 0 Å². The number of hydrogen-bond acceptors (Lipinski definition) is 5. The first kappa shape index (κ1) is 15.2. The van der Waals surface area contributed by atoms with Crippen molar-refractivity contribution in [3.63, 3.8) is 0 Å². The number of amides is 1. The van der Waals surface area contributed by atoms with Gasteiger partial charge in [0.1, 0.15) is 28.4 Å². The molecule has 0 bridgehead atoms. The Kier molecular flexibility index (Phi) is 4.34. The standard InChI is InChI=1S/C16H12ClNO5/c17-13-8-23-14-6-10(3-4-12(14)16(13)20)22-9-15(19)18-7-11-2-1-5-21-11/h1-6,8H,7,9H2,(H,18,19). The maximum atomic E-state index is 11.8. The van der Waals surface area contributed by atoms with Crippen LogP contribution < -0.4 is 15.5 Å². The number of furan rings is 1. The Morgan fingerprint density at radius 3 is 2.91 bits per heavy atom. The number of carbonyl (C=O) groups excluding carboxylic acids is 1. The fourth-order valence-corrected chi connectivity index (χ4v) is 2.12. The van der Waals surface area contributed by atoms with E-state index in [0.29, 0.717) is 29.0 Å². The molecule has 0 aliphatic rings. The molecule has 7 heteroatoms. The predicted octanol–water partition coefficient (Wildman–Crippen LogP) is 2.73. The Morgan fingerprint density at radius 2 is 2.13 bits per heavy atom. The normalized spacial score (nSPS) is 10.7. The maximum Gasteiger partial charge on any atom is 0.258 e. The van der Waals surface area contributed by atoms with Gasteiger partial charge in [-0.1, -0.05) is 11.6 Å². The molecule has 0 fully saturated rings. The second-order valence-electron chi connectivity index (χ2n) is 4.72. The van der Waals surface area contributed by atoms with E-state index in [1.807, 2.05) is 0 Å². The van der Waals surface area contributed by atoms with Gasteiger partial charge in [0.2, 0.25) is 5.43 Å². The smallest absolute Gasteiger partial charge is 0.258 e. The first-order valence-corrected chi connectivity index (χ1v) is 7.14. The van der Waals surface area contributed by atoms with Gasteiger partial charge >= 0.3 is 0 Å². The van der Waals surface area contributed by atoms with Crippen molar-refractivity contribution >= 4 is 28.5 Å². The summed E-state index contributed by atoms with van der Waals surface area (Å²) in [6, 6.07) is 8.16. The summed E-state index contributed by atoms with van der Waals surface area (Å²) in [4.78, 5) is 23.5. The summed E-state index contributed by atoms with van der Waals surface area (Å²) in [7, 11) is 0. The van der Waals surface area contributed by atoms with Gasteiger partial charge in [-0.05, 0) is 24.3 Å². The van der Waals surface area contributed by atoms with Crippen molar-refractivity contribution in [2.24, 2.45) is 0 Å². The SMILES string of the molecule is O=C(COc1ccc2c(=O)c(Cl)coc2c1)NCc1ccco1. The molecule has 0 aliphatic heterocycles. The molecule has 23 heavy (non-hydrogen) atoms. The zero-order valence-electron chi connectivity index (χ0n) is 11.9. The van der Waals surface area contributed by atoms with Crippen LogP contribution >= 0.6 is 11.6 Å². The van der Waals surface area contributed by atoms with Gasteiger partial charge in [-0.2, -0.15) is 0 Å². The lowest BCUT2D eigenvalue weighted by Crippen LogP contribution is -2.28. The van der Waals surface area contributed by atoms with E-state index >= 15 is 0 Å². The van der Waals surface area contributed by atoms with E-state index in [-0.39, 0.29) is 23.0 Å². The molecular weight excluding hydrogens is 322 g/mol. The molecule has 118 valence electrons. The highest BCUT2D eigenvalue weighted by molar-refractivity contribution is 6.30. The number of benzene rings is 1. The lowest BCUT2D eigenvalue weighted by molar-refractivity contribution is -0.123. The first-order valence-electron chi connectivity index (χ1n) is 6.76. The molecule has 0 radical (unpaired) electrons. The van der Waals surface area contributed by atoms with Gasteiger partial charge in [-0.3, -0.25) is 9.59 Å². The number of rotatable bonds is 5. The zero-order chi connectivity index (χ0) is 16.2. The Bertz CT molecular complexity index is 885. The Morgan fingerprint density at radius 1 is 1.26 bits per heavy atom. The first-order chi connectivity index (χ1) is 11.1. The van der Waals surface area contributed by atoms with Gasteiger partial charge < -0.3 is 18.9 Å². The molecular formula is C16H12ClNO5. The zero-order valence-corrected chi connectivity index (χ0v) is 12.6. The van der Waals surface area contributed by atoms with Gasteiger partial charge in [-0.25, -0.2) is 0 Å². The summed E-state index contributed by atoms with van der Waals surface area (Å²) in [5.41, 5.74) is 0.0311. The third-order valence-corrected chi connectivity index (χ3v) is 3.37. The van der Waals surface area contributed by atoms with E-state index in [0.717, 1.165) is 0 Å². The van der Waals surface area contributed by atoms with E-state index in [9.17, 15) is 9.59 Å². The molecule has 6 nitrogen and oxygen atoms in total. The van der Waals surface area contributed by atoms with Crippen LogP contribution in [0, 0.1) is 0 Å². The number of nitrogens with one attached hydrogen (secondary N) is 1. The molecule has 1 N–H and O–H groups in total. The highest BCUT2D eigenvalue weighted by atomic mass is 35.5. The molecule has 0 atom stereocenters. The highest BCUT2D eigenvalue weighted by Gasteiger charge is 2.08. The highest BCUT2D eigenvalue weighted by Crippen LogP contribution is 2.20. The van der Waals surface area contributed by atoms with Crippen LogP contribution in [0.3, 0.4) is 0 Å². The molecule has 1 aromatic carbocycles. The van der Waals surface area contributed by atoms with E-state index in [1.54, 1.807) is 24.3 Å². The molecule has 3 aromatic rings. The van der Waals surface area contributed by atoms with E-state index in [1.165, 1.54) is 18.6 Å². The molecule has 0 aliphatic carbocycles. The Labute approximate surface area is 135 Å². The van der Waals surface area contributed by atoms with Gasteiger partial charge in [0, 0.05) is 6.07 Å². The van der Waals surface area contributed by atoms with Crippen molar-refractivity contribution in [3.05, 3.63) is 63.9 Å². The summed E-state index contributed by atoms with van der Waals surface area (Å²) in [5.74, 6) is 0.776. The Balaban J connectivity index is 1.62. The second kappa shape index (κ2) is 6.58. The summed E-state index contributed by atoms with van der Waals surface area (Å²) in [6.45, 7) is 0.129. The minimum Gasteiger partial charge on any atom is -0.484 e. The Hall–Kier alpha value is -2.73. The van der Waals surface area contributed by atoms with E-state index in [4.69, 9.17) is 25.2 Å². The van der Waals surface area contributed by atoms with Crippen LogP contribution in [0.5, 0.6) is 5.75 Å². The van der Waals surface area contributed by atoms with Crippen LogP contribution in [-0.2, 0) is 11.3 Å². The molecule has 3 rings (SSSR count). The lowest BCUT2D eigenvalue weighted by Gasteiger charge is -2.07. The second-order valence-corrected chi connectivity index (χ2v) is 5.12. The minimum absolute atomic E-state index is 0.0171. The largest absolute Gasteiger partial charge is 0.484 e. The summed E-state index contributed by atoms with van der Waals surface area (Å²) >= 11 is 5.71. The van der Waals surface area contributed by atoms with Crippen LogP contribution in [0.2, 0.25) is 5.02 Å². The molecule has 2 heterocycles. The van der Waals surface area contributed by atoms with Crippen LogP contribution in [0.1, 0.15) is 5.76 Å². The molecule has 0 saturated carbocycles. The van der Waals surface area contributed by atoms with Crippen LogP contribution in [0.25, 0.3) is 11.0 Å². The predicted molar refractivity (Wildman–Crippen MR) is 83.5 cm³/mol. The third kappa shape index (κ3) is 3.54. The third-order valence-electron chi connectivity index (χ3n) is 3.11. The molecule has 2 aromatic heterocycles. The fourth-order valence-electron chi connectivity index (χ4n) is 1.97. The average molecular weight is 334 g/mol. The quantitative estimate of drug-likeness (QED) is 0.776. The van der Waals surface area contributed by atoms with Crippen LogP contribution in [0.15, 0.2) is 56.5 Å². The van der Waals surface area contributed by atoms with Crippen molar-refractivity contribution in [2.45, 2.75) is 6.54 Å².